The lowest BCUT2D eigenvalue weighted by Crippen LogP contribution is -2.25. The van der Waals surface area contributed by atoms with Crippen molar-refractivity contribution in [2.45, 2.75) is 26.5 Å². The van der Waals surface area contributed by atoms with E-state index in [2.05, 4.69) is 10.3 Å². The fourth-order valence-electron chi connectivity index (χ4n) is 0.949. The number of ether oxygens (including phenoxy) is 1. The SMILES string of the molecule is COC(C)CNCc1ncc(C)o1. The first-order chi connectivity index (χ1) is 6.22. The van der Waals surface area contributed by atoms with E-state index in [0.717, 1.165) is 18.2 Å². The molecule has 1 rings (SSSR count). The maximum Gasteiger partial charge on any atom is 0.208 e. The van der Waals surface area contributed by atoms with Crippen molar-refractivity contribution in [3.05, 3.63) is 17.8 Å². The normalized spacial score (nSPS) is 13.2. The molecule has 4 nitrogen and oxygen atoms in total. The third kappa shape index (κ3) is 3.57. The van der Waals surface area contributed by atoms with Crippen LogP contribution in [0.2, 0.25) is 0 Å². The monoisotopic (exact) mass is 184 g/mol. The standard InChI is InChI=1S/C9H16N2O2/c1-7(12-3)4-10-6-9-11-5-8(2)13-9/h5,7,10H,4,6H2,1-3H3. The first-order valence-electron chi connectivity index (χ1n) is 4.37. The van der Waals surface area contributed by atoms with Gasteiger partial charge in [-0.15, -0.1) is 0 Å². The molecule has 1 atom stereocenters. The van der Waals surface area contributed by atoms with Crippen LogP contribution >= 0.6 is 0 Å². The molecule has 0 fully saturated rings. The van der Waals surface area contributed by atoms with Gasteiger partial charge in [0.25, 0.3) is 0 Å². The minimum atomic E-state index is 0.219. The molecule has 1 unspecified atom stereocenters. The van der Waals surface area contributed by atoms with Crippen LogP contribution in [0.4, 0.5) is 0 Å². The van der Waals surface area contributed by atoms with Crippen LogP contribution in [0.3, 0.4) is 0 Å². The van der Waals surface area contributed by atoms with Crippen molar-refractivity contribution >= 4 is 0 Å². The van der Waals surface area contributed by atoms with Gasteiger partial charge in [0.1, 0.15) is 5.76 Å². The summed E-state index contributed by atoms with van der Waals surface area (Å²) >= 11 is 0. The number of aromatic nitrogens is 1. The summed E-state index contributed by atoms with van der Waals surface area (Å²) in [5.74, 6) is 1.57. The number of hydrogen-bond acceptors (Lipinski definition) is 4. The maximum atomic E-state index is 5.28. The first kappa shape index (κ1) is 10.2. The molecule has 0 aliphatic heterocycles. The highest BCUT2D eigenvalue weighted by molar-refractivity contribution is 4.90. The summed E-state index contributed by atoms with van der Waals surface area (Å²) in [7, 11) is 1.70. The average molecular weight is 184 g/mol. The molecule has 1 N–H and O–H groups in total. The predicted octanol–water partition coefficient (Wildman–Crippen LogP) is 1.11. The fraction of sp³-hybridized carbons (Fsp3) is 0.667. The van der Waals surface area contributed by atoms with Crippen molar-refractivity contribution in [2.24, 2.45) is 0 Å². The van der Waals surface area contributed by atoms with Gasteiger partial charge in [-0.05, 0) is 13.8 Å². The van der Waals surface area contributed by atoms with Gasteiger partial charge in [-0.25, -0.2) is 4.98 Å². The second-order valence-corrected chi connectivity index (χ2v) is 3.04. The van der Waals surface area contributed by atoms with Gasteiger partial charge in [-0.1, -0.05) is 0 Å². The summed E-state index contributed by atoms with van der Waals surface area (Å²) in [6.07, 6.45) is 1.94. The Hall–Kier alpha value is -0.870. The lowest BCUT2D eigenvalue weighted by Gasteiger charge is -2.08. The zero-order valence-electron chi connectivity index (χ0n) is 8.33. The van der Waals surface area contributed by atoms with Crippen LogP contribution in [0.1, 0.15) is 18.6 Å². The molecule has 13 heavy (non-hydrogen) atoms. The summed E-state index contributed by atoms with van der Waals surface area (Å²) in [6, 6.07) is 0. The van der Waals surface area contributed by atoms with E-state index >= 15 is 0 Å². The lowest BCUT2D eigenvalue weighted by molar-refractivity contribution is 0.116. The Balaban J connectivity index is 2.20. The Morgan fingerprint density at radius 3 is 3.00 bits per heavy atom. The number of nitrogens with zero attached hydrogens (tertiary/aromatic N) is 1. The molecule has 0 radical (unpaired) electrons. The second-order valence-electron chi connectivity index (χ2n) is 3.04. The molecule has 1 heterocycles. The van der Waals surface area contributed by atoms with E-state index in [0.29, 0.717) is 6.54 Å². The van der Waals surface area contributed by atoms with E-state index in [-0.39, 0.29) is 6.10 Å². The van der Waals surface area contributed by atoms with E-state index in [1.54, 1.807) is 13.3 Å². The molecule has 4 heteroatoms. The molecule has 1 aromatic rings. The van der Waals surface area contributed by atoms with E-state index in [1.165, 1.54) is 0 Å². The summed E-state index contributed by atoms with van der Waals surface area (Å²) in [6.45, 7) is 5.35. The van der Waals surface area contributed by atoms with Gasteiger partial charge < -0.3 is 14.5 Å². The number of hydrogen-bond donors (Lipinski definition) is 1. The van der Waals surface area contributed by atoms with Crippen molar-refractivity contribution in [1.82, 2.24) is 10.3 Å². The van der Waals surface area contributed by atoms with Gasteiger partial charge in [0.15, 0.2) is 0 Å². The molecule has 0 saturated carbocycles. The van der Waals surface area contributed by atoms with Crippen molar-refractivity contribution < 1.29 is 9.15 Å². The van der Waals surface area contributed by atoms with Crippen molar-refractivity contribution in [2.75, 3.05) is 13.7 Å². The third-order valence-corrected chi connectivity index (χ3v) is 1.78. The van der Waals surface area contributed by atoms with E-state index in [1.807, 2.05) is 13.8 Å². The topological polar surface area (TPSA) is 47.3 Å². The molecular formula is C9H16N2O2. The molecule has 0 aromatic carbocycles. The Kier molecular flexibility index (Phi) is 3.92. The molecule has 0 saturated heterocycles. The molecule has 0 bridgehead atoms. The summed E-state index contributed by atoms with van der Waals surface area (Å²) < 4.78 is 10.4. The Labute approximate surface area is 78.3 Å². The van der Waals surface area contributed by atoms with Gasteiger partial charge in [-0.3, -0.25) is 0 Å². The number of aryl methyl sites for hydroxylation is 1. The molecule has 0 amide bonds. The van der Waals surface area contributed by atoms with Crippen LogP contribution in [0.25, 0.3) is 0 Å². The summed E-state index contributed by atoms with van der Waals surface area (Å²) in [5, 5.41) is 3.18. The highest BCUT2D eigenvalue weighted by Gasteiger charge is 2.01. The van der Waals surface area contributed by atoms with Crippen molar-refractivity contribution in [3.63, 3.8) is 0 Å². The highest BCUT2D eigenvalue weighted by Crippen LogP contribution is 2.00. The largest absolute Gasteiger partial charge is 0.445 e. The molecule has 0 aliphatic rings. The van der Waals surface area contributed by atoms with Gasteiger partial charge in [0.05, 0.1) is 18.8 Å². The molecule has 74 valence electrons. The fourth-order valence-corrected chi connectivity index (χ4v) is 0.949. The van der Waals surface area contributed by atoms with Crippen molar-refractivity contribution in [1.29, 1.82) is 0 Å². The van der Waals surface area contributed by atoms with Gasteiger partial charge in [0, 0.05) is 13.7 Å². The van der Waals surface area contributed by atoms with Crippen LogP contribution in [0, 0.1) is 6.92 Å². The average Bonchev–Trinajstić information content (AvgIpc) is 2.51. The minimum absolute atomic E-state index is 0.219. The summed E-state index contributed by atoms with van der Waals surface area (Å²) in [5.41, 5.74) is 0. The van der Waals surface area contributed by atoms with E-state index in [4.69, 9.17) is 9.15 Å². The van der Waals surface area contributed by atoms with Crippen LogP contribution in [0.15, 0.2) is 10.6 Å². The quantitative estimate of drug-likeness (QED) is 0.744. The number of methoxy groups -OCH3 is 1. The minimum Gasteiger partial charge on any atom is -0.445 e. The van der Waals surface area contributed by atoms with Gasteiger partial charge in [-0.2, -0.15) is 0 Å². The molecule has 0 spiro atoms. The lowest BCUT2D eigenvalue weighted by atomic mass is 10.4. The van der Waals surface area contributed by atoms with Crippen LogP contribution in [-0.2, 0) is 11.3 Å². The molecular weight excluding hydrogens is 168 g/mol. The zero-order valence-corrected chi connectivity index (χ0v) is 8.33. The van der Waals surface area contributed by atoms with Crippen LogP contribution in [-0.4, -0.2) is 24.7 Å². The highest BCUT2D eigenvalue weighted by atomic mass is 16.5. The maximum absolute atomic E-state index is 5.28. The number of rotatable bonds is 5. The predicted molar refractivity (Wildman–Crippen MR) is 49.4 cm³/mol. The second kappa shape index (κ2) is 4.99. The Morgan fingerprint density at radius 1 is 1.69 bits per heavy atom. The van der Waals surface area contributed by atoms with Gasteiger partial charge in [0.2, 0.25) is 5.89 Å². The Bertz CT molecular complexity index is 248. The molecule has 0 aliphatic carbocycles. The number of nitrogens with one attached hydrogen (secondary N) is 1. The van der Waals surface area contributed by atoms with Crippen molar-refractivity contribution in [3.8, 4) is 0 Å². The molecule has 1 aromatic heterocycles. The van der Waals surface area contributed by atoms with E-state index in [9.17, 15) is 0 Å². The summed E-state index contributed by atoms with van der Waals surface area (Å²) in [4.78, 5) is 4.07. The van der Waals surface area contributed by atoms with Crippen LogP contribution < -0.4 is 5.32 Å². The smallest absolute Gasteiger partial charge is 0.208 e. The van der Waals surface area contributed by atoms with Crippen LogP contribution in [0.5, 0.6) is 0 Å². The van der Waals surface area contributed by atoms with Gasteiger partial charge >= 0.3 is 0 Å². The third-order valence-electron chi connectivity index (χ3n) is 1.78. The number of oxazole rings is 1. The Morgan fingerprint density at radius 2 is 2.46 bits per heavy atom. The van der Waals surface area contributed by atoms with E-state index < -0.39 is 0 Å². The zero-order chi connectivity index (χ0) is 9.68. The first-order valence-corrected chi connectivity index (χ1v) is 4.37.